The van der Waals surface area contributed by atoms with Crippen molar-refractivity contribution < 1.29 is 18.8 Å². The summed E-state index contributed by atoms with van der Waals surface area (Å²) < 4.78 is 6.94. The lowest BCUT2D eigenvalue weighted by Gasteiger charge is -2.18. The van der Waals surface area contributed by atoms with Crippen molar-refractivity contribution in [3.63, 3.8) is 0 Å². The zero-order valence-electron chi connectivity index (χ0n) is 17.9. The molecule has 0 bridgehead atoms. The highest BCUT2D eigenvalue weighted by Crippen LogP contribution is 2.14. The summed E-state index contributed by atoms with van der Waals surface area (Å²) in [5.74, 6) is -0.863. The number of nitrogens with zero attached hydrogens (tertiary/aromatic N) is 2. The molecule has 0 aliphatic rings. The van der Waals surface area contributed by atoms with E-state index in [1.165, 1.54) is 12.3 Å². The van der Waals surface area contributed by atoms with Crippen LogP contribution < -0.4 is 16.2 Å². The number of aromatic nitrogens is 2. The second kappa shape index (κ2) is 9.82. The van der Waals surface area contributed by atoms with Crippen LogP contribution in [-0.4, -0.2) is 33.3 Å². The van der Waals surface area contributed by atoms with Crippen molar-refractivity contribution in [3.05, 3.63) is 90.1 Å². The number of carbonyl (C=O) groups excluding carboxylic acids is 3. The van der Waals surface area contributed by atoms with Gasteiger partial charge in [0.1, 0.15) is 11.9 Å². The number of nitrogens with one attached hydrogen (secondary N) is 3. The fourth-order valence-corrected chi connectivity index (χ4v) is 3.46. The van der Waals surface area contributed by atoms with Gasteiger partial charge in [-0.1, -0.05) is 42.5 Å². The van der Waals surface area contributed by atoms with E-state index >= 15 is 0 Å². The smallest absolute Gasteiger partial charge is 0.287 e. The molecule has 0 aliphatic carbocycles. The second-order valence-corrected chi connectivity index (χ2v) is 7.48. The molecule has 9 heteroatoms. The molecule has 0 saturated carbocycles. The normalized spacial score (nSPS) is 11.7. The minimum absolute atomic E-state index is 0.0203. The van der Waals surface area contributed by atoms with E-state index in [2.05, 4.69) is 21.2 Å². The highest BCUT2D eigenvalue weighted by Gasteiger charge is 2.23. The summed E-state index contributed by atoms with van der Waals surface area (Å²) in [4.78, 5) is 42.2. The third kappa shape index (κ3) is 5.27. The molecular formula is C24H23N5O4. The monoisotopic (exact) mass is 445 g/mol. The number of hydrazine groups is 1. The Morgan fingerprint density at radius 2 is 1.73 bits per heavy atom. The molecule has 2 aromatic carbocycles. The SMILES string of the molecule is Cn1c(CC(=O)NNC(=O)[C@H](Cc2ccccc2)NC(=O)c2ccco2)nc2ccccc21. The Labute approximate surface area is 189 Å². The average molecular weight is 445 g/mol. The number of amides is 3. The van der Waals surface area contributed by atoms with Gasteiger partial charge in [0.25, 0.3) is 11.8 Å². The van der Waals surface area contributed by atoms with Crippen LogP contribution in [0.1, 0.15) is 21.9 Å². The van der Waals surface area contributed by atoms with Gasteiger partial charge >= 0.3 is 0 Å². The highest BCUT2D eigenvalue weighted by molar-refractivity contribution is 5.96. The van der Waals surface area contributed by atoms with Gasteiger partial charge in [-0.05, 0) is 29.8 Å². The third-order valence-electron chi connectivity index (χ3n) is 5.17. The zero-order chi connectivity index (χ0) is 23.2. The number of benzene rings is 2. The first-order chi connectivity index (χ1) is 16.0. The molecule has 3 N–H and O–H groups in total. The maximum absolute atomic E-state index is 12.8. The summed E-state index contributed by atoms with van der Waals surface area (Å²) >= 11 is 0. The van der Waals surface area contributed by atoms with Gasteiger partial charge in [0, 0.05) is 13.5 Å². The number of para-hydroxylation sites is 2. The van der Waals surface area contributed by atoms with Crippen LogP contribution in [0.25, 0.3) is 11.0 Å². The molecule has 4 rings (SSSR count). The lowest BCUT2D eigenvalue weighted by molar-refractivity contribution is -0.129. The Bertz CT molecular complexity index is 1260. The number of aryl methyl sites for hydroxylation is 1. The lowest BCUT2D eigenvalue weighted by Crippen LogP contribution is -2.53. The van der Waals surface area contributed by atoms with Gasteiger partial charge in [0.15, 0.2) is 5.76 Å². The van der Waals surface area contributed by atoms with Crippen LogP contribution in [0.2, 0.25) is 0 Å². The lowest BCUT2D eigenvalue weighted by atomic mass is 10.1. The predicted octanol–water partition coefficient (Wildman–Crippen LogP) is 1.90. The van der Waals surface area contributed by atoms with E-state index in [4.69, 9.17) is 4.42 Å². The summed E-state index contributed by atoms with van der Waals surface area (Å²) in [7, 11) is 1.83. The van der Waals surface area contributed by atoms with Crippen LogP contribution in [0.15, 0.2) is 77.4 Å². The highest BCUT2D eigenvalue weighted by atomic mass is 16.3. The molecule has 0 spiro atoms. The molecule has 4 aromatic rings. The van der Waals surface area contributed by atoms with Crippen LogP contribution in [0.3, 0.4) is 0 Å². The number of hydrogen-bond donors (Lipinski definition) is 3. The molecule has 2 heterocycles. The summed E-state index contributed by atoms with van der Waals surface area (Å²) in [5.41, 5.74) is 7.36. The van der Waals surface area contributed by atoms with Gasteiger partial charge in [0.05, 0.1) is 23.7 Å². The molecule has 0 saturated heterocycles. The summed E-state index contributed by atoms with van der Waals surface area (Å²) in [6, 6.07) is 19.0. The maximum atomic E-state index is 12.8. The van der Waals surface area contributed by atoms with E-state index in [-0.39, 0.29) is 18.6 Å². The van der Waals surface area contributed by atoms with Gasteiger partial charge < -0.3 is 14.3 Å². The molecule has 1 atom stereocenters. The first-order valence-corrected chi connectivity index (χ1v) is 10.4. The van der Waals surface area contributed by atoms with E-state index in [0.29, 0.717) is 5.82 Å². The Morgan fingerprint density at radius 3 is 2.45 bits per heavy atom. The fourth-order valence-electron chi connectivity index (χ4n) is 3.46. The van der Waals surface area contributed by atoms with E-state index in [9.17, 15) is 14.4 Å². The van der Waals surface area contributed by atoms with Gasteiger partial charge in [-0.2, -0.15) is 0 Å². The van der Waals surface area contributed by atoms with Gasteiger partial charge in [-0.25, -0.2) is 4.98 Å². The third-order valence-corrected chi connectivity index (χ3v) is 5.17. The minimum Gasteiger partial charge on any atom is -0.459 e. The van der Waals surface area contributed by atoms with Crippen molar-refractivity contribution in [2.24, 2.45) is 7.05 Å². The Balaban J connectivity index is 1.40. The Morgan fingerprint density at radius 1 is 0.970 bits per heavy atom. The first kappa shape index (κ1) is 21.8. The molecular weight excluding hydrogens is 422 g/mol. The van der Waals surface area contributed by atoms with Gasteiger partial charge in [0.2, 0.25) is 5.91 Å². The fraction of sp³-hybridized carbons (Fsp3) is 0.167. The van der Waals surface area contributed by atoms with Crippen molar-refractivity contribution >= 4 is 28.8 Å². The van der Waals surface area contributed by atoms with Crippen molar-refractivity contribution in [2.75, 3.05) is 0 Å². The molecule has 9 nitrogen and oxygen atoms in total. The molecule has 2 aromatic heterocycles. The Kier molecular flexibility index (Phi) is 6.49. The summed E-state index contributed by atoms with van der Waals surface area (Å²) in [6.45, 7) is 0. The largest absolute Gasteiger partial charge is 0.459 e. The maximum Gasteiger partial charge on any atom is 0.287 e. The zero-order valence-corrected chi connectivity index (χ0v) is 17.9. The number of imidazole rings is 1. The topological polar surface area (TPSA) is 118 Å². The van der Waals surface area contributed by atoms with Crippen molar-refractivity contribution in [3.8, 4) is 0 Å². The average Bonchev–Trinajstić information content (AvgIpc) is 3.47. The molecule has 168 valence electrons. The van der Waals surface area contributed by atoms with Crippen LogP contribution in [0.5, 0.6) is 0 Å². The van der Waals surface area contributed by atoms with Crippen molar-refractivity contribution in [2.45, 2.75) is 18.9 Å². The van der Waals surface area contributed by atoms with Crippen LogP contribution in [0, 0.1) is 0 Å². The molecule has 0 unspecified atom stereocenters. The summed E-state index contributed by atoms with van der Waals surface area (Å²) in [6.07, 6.45) is 1.59. The van der Waals surface area contributed by atoms with Gasteiger partial charge in [-0.3, -0.25) is 25.2 Å². The molecule has 3 amide bonds. The number of furan rings is 1. The van der Waals surface area contributed by atoms with Crippen molar-refractivity contribution in [1.29, 1.82) is 0 Å². The number of carbonyl (C=O) groups is 3. The number of rotatable bonds is 7. The van der Waals surface area contributed by atoms with Crippen LogP contribution in [-0.2, 0) is 29.5 Å². The van der Waals surface area contributed by atoms with E-state index in [1.54, 1.807) is 6.07 Å². The van der Waals surface area contributed by atoms with E-state index < -0.39 is 23.8 Å². The quantitative estimate of drug-likeness (QED) is 0.376. The standard InChI is InChI=1S/C24H23N5O4/c1-29-19-11-6-5-10-17(19)25-21(29)15-22(30)27-28-23(31)18(14-16-8-3-2-4-9-16)26-24(32)20-12-7-13-33-20/h2-13,18H,14-15H2,1H3,(H,26,32)(H,27,30)(H,28,31)/t18-/m0/s1. The van der Waals surface area contributed by atoms with Crippen LogP contribution >= 0.6 is 0 Å². The van der Waals surface area contributed by atoms with E-state index in [1.807, 2.05) is 66.2 Å². The summed E-state index contributed by atoms with van der Waals surface area (Å²) in [5, 5.41) is 2.66. The first-order valence-electron chi connectivity index (χ1n) is 10.4. The number of hydrogen-bond acceptors (Lipinski definition) is 5. The number of fused-ring (bicyclic) bond motifs is 1. The molecule has 0 fully saturated rings. The second-order valence-electron chi connectivity index (χ2n) is 7.48. The predicted molar refractivity (Wildman–Crippen MR) is 121 cm³/mol. The van der Waals surface area contributed by atoms with Crippen LogP contribution in [0.4, 0.5) is 0 Å². The molecule has 0 radical (unpaired) electrons. The van der Waals surface area contributed by atoms with Gasteiger partial charge in [-0.15, -0.1) is 0 Å². The molecule has 0 aliphatic heterocycles. The van der Waals surface area contributed by atoms with E-state index in [0.717, 1.165) is 16.6 Å². The minimum atomic E-state index is -0.930. The molecule has 33 heavy (non-hydrogen) atoms. The van der Waals surface area contributed by atoms with Crippen molar-refractivity contribution in [1.82, 2.24) is 25.7 Å². The Hall–Kier alpha value is -4.40.